The number of amides is 1. The van der Waals surface area contributed by atoms with Crippen molar-refractivity contribution >= 4 is 5.91 Å². The normalized spacial score (nSPS) is 14.7. The molecule has 1 aromatic heterocycles. The molecule has 190 valence electrons. The zero-order valence-electron chi connectivity index (χ0n) is 21.5. The van der Waals surface area contributed by atoms with E-state index >= 15 is 0 Å². The predicted octanol–water partition coefficient (Wildman–Crippen LogP) is 5.68. The summed E-state index contributed by atoms with van der Waals surface area (Å²) >= 11 is 0. The van der Waals surface area contributed by atoms with Gasteiger partial charge in [-0.25, -0.2) is 0 Å². The van der Waals surface area contributed by atoms with E-state index in [1.807, 2.05) is 73.3 Å². The van der Waals surface area contributed by atoms with Gasteiger partial charge in [-0.15, -0.1) is 0 Å². The Kier molecular flexibility index (Phi) is 6.86. The molecule has 1 unspecified atom stereocenters. The molecule has 2 heterocycles. The molecule has 1 aliphatic heterocycles. The molecule has 1 atom stereocenters. The van der Waals surface area contributed by atoms with Crippen molar-refractivity contribution in [1.82, 2.24) is 10.1 Å². The van der Waals surface area contributed by atoms with Crippen LogP contribution in [0.2, 0.25) is 0 Å². The molecule has 3 aromatic carbocycles. The number of nitrogens with zero attached hydrogens (tertiary/aromatic N) is 2. The fraction of sp³-hybridized carbons (Fsp3) is 0.267. The number of hydrogen-bond donors (Lipinski definition) is 0. The van der Waals surface area contributed by atoms with Gasteiger partial charge in [-0.2, -0.15) is 0 Å². The average Bonchev–Trinajstić information content (AvgIpc) is 3.27. The van der Waals surface area contributed by atoms with Crippen molar-refractivity contribution in [2.24, 2.45) is 0 Å². The first-order chi connectivity index (χ1) is 18.0. The lowest BCUT2D eigenvalue weighted by Gasteiger charge is -2.38. The fourth-order valence-electron chi connectivity index (χ4n) is 4.88. The minimum atomic E-state index is -0.243. The predicted molar refractivity (Wildman–Crippen MR) is 139 cm³/mol. The molecule has 37 heavy (non-hydrogen) atoms. The van der Waals surface area contributed by atoms with Crippen LogP contribution >= 0.6 is 0 Å². The minimum Gasteiger partial charge on any atom is -0.493 e. The number of hydrogen-bond acceptors (Lipinski definition) is 6. The largest absolute Gasteiger partial charge is 0.493 e. The fourth-order valence-corrected chi connectivity index (χ4v) is 4.88. The number of aromatic nitrogens is 1. The number of fused-ring (bicyclic) bond motifs is 1. The number of rotatable bonds is 7. The summed E-state index contributed by atoms with van der Waals surface area (Å²) in [5.74, 6) is 2.73. The molecule has 0 saturated heterocycles. The Balaban J connectivity index is 1.43. The van der Waals surface area contributed by atoms with Crippen molar-refractivity contribution < 1.29 is 23.5 Å². The zero-order valence-corrected chi connectivity index (χ0v) is 21.5. The average molecular weight is 499 g/mol. The highest BCUT2D eigenvalue weighted by molar-refractivity contribution is 5.95. The Morgan fingerprint density at radius 1 is 1.00 bits per heavy atom. The molecule has 4 aromatic rings. The van der Waals surface area contributed by atoms with Crippen LogP contribution in [0.3, 0.4) is 0 Å². The van der Waals surface area contributed by atoms with Crippen molar-refractivity contribution in [1.29, 1.82) is 0 Å². The summed E-state index contributed by atoms with van der Waals surface area (Å²) in [7, 11) is 3.27. The van der Waals surface area contributed by atoms with Crippen molar-refractivity contribution in [3.05, 3.63) is 106 Å². The summed E-state index contributed by atoms with van der Waals surface area (Å²) in [6.45, 7) is 4.71. The second kappa shape index (κ2) is 10.4. The van der Waals surface area contributed by atoms with E-state index in [9.17, 15) is 4.79 Å². The van der Waals surface area contributed by atoms with E-state index in [1.54, 1.807) is 14.2 Å². The van der Waals surface area contributed by atoms with E-state index in [4.69, 9.17) is 18.7 Å². The Bertz CT molecular complexity index is 1380. The van der Waals surface area contributed by atoms with E-state index in [2.05, 4.69) is 17.3 Å². The molecule has 1 amide bonds. The number of carbonyl (C=O) groups excluding carboxylic acids is 1. The van der Waals surface area contributed by atoms with Crippen molar-refractivity contribution in [2.45, 2.75) is 32.9 Å². The quantitative estimate of drug-likeness (QED) is 0.327. The second-order valence-electron chi connectivity index (χ2n) is 9.08. The standard InChI is InChI=1S/C30H30N2O5/c1-19-26(20(2)37-31-19)18-36-24-12-10-22(11-13-24)30(33)32-15-14-23-16-27(34-3)28(35-4)17-25(23)29(32)21-8-6-5-7-9-21/h5-13,16-17,29H,14-15,18H2,1-4H3. The molecular weight excluding hydrogens is 468 g/mol. The first-order valence-electron chi connectivity index (χ1n) is 12.3. The van der Waals surface area contributed by atoms with Crippen LogP contribution in [0, 0.1) is 13.8 Å². The Morgan fingerprint density at radius 2 is 1.70 bits per heavy atom. The highest BCUT2D eigenvalue weighted by atomic mass is 16.5. The molecule has 0 N–H and O–H groups in total. The molecule has 0 radical (unpaired) electrons. The molecule has 7 heteroatoms. The molecule has 0 saturated carbocycles. The monoisotopic (exact) mass is 498 g/mol. The van der Waals surface area contributed by atoms with E-state index in [0.717, 1.165) is 40.1 Å². The summed E-state index contributed by atoms with van der Waals surface area (Å²) in [5, 5.41) is 3.97. The highest BCUT2D eigenvalue weighted by Gasteiger charge is 2.33. The van der Waals surface area contributed by atoms with Gasteiger partial charge in [-0.05, 0) is 73.4 Å². The van der Waals surface area contributed by atoms with Crippen molar-refractivity contribution in [3.8, 4) is 17.2 Å². The summed E-state index contributed by atoms with van der Waals surface area (Å²) in [6.07, 6.45) is 0.726. The van der Waals surface area contributed by atoms with Gasteiger partial charge in [0.2, 0.25) is 0 Å². The molecule has 0 spiro atoms. The second-order valence-corrected chi connectivity index (χ2v) is 9.08. The number of aryl methyl sites for hydroxylation is 2. The molecule has 0 aliphatic carbocycles. The molecule has 1 aliphatic rings. The minimum absolute atomic E-state index is 0.0356. The number of methoxy groups -OCH3 is 2. The van der Waals surface area contributed by atoms with Gasteiger partial charge in [-0.1, -0.05) is 35.5 Å². The first kappa shape index (κ1) is 24.4. The topological polar surface area (TPSA) is 74.0 Å². The number of benzene rings is 3. The number of carbonyl (C=O) groups is 1. The van der Waals surface area contributed by atoms with Crippen LogP contribution in [0.4, 0.5) is 0 Å². The Labute approximate surface area is 216 Å². The SMILES string of the molecule is COc1cc2c(cc1OC)C(c1ccccc1)N(C(=O)c1ccc(OCc3c(C)noc3C)cc1)CC2. The summed E-state index contributed by atoms with van der Waals surface area (Å²) in [5.41, 5.74) is 5.60. The third-order valence-corrected chi connectivity index (χ3v) is 6.92. The maximum Gasteiger partial charge on any atom is 0.254 e. The third-order valence-electron chi connectivity index (χ3n) is 6.92. The third kappa shape index (κ3) is 4.77. The highest BCUT2D eigenvalue weighted by Crippen LogP contribution is 2.41. The lowest BCUT2D eigenvalue weighted by molar-refractivity contribution is 0.0694. The van der Waals surface area contributed by atoms with E-state index < -0.39 is 0 Å². The van der Waals surface area contributed by atoms with Crippen LogP contribution < -0.4 is 14.2 Å². The first-order valence-corrected chi connectivity index (χ1v) is 12.3. The van der Waals surface area contributed by atoms with Gasteiger partial charge in [0.05, 0.1) is 31.5 Å². The molecular formula is C30H30N2O5. The van der Waals surface area contributed by atoms with E-state index in [1.165, 1.54) is 0 Å². The summed E-state index contributed by atoms with van der Waals surface area (Å²) < 4.78 is 22.3. The van der Waals surface area contributed by atoms with Gasteiger partial charge in [0.15, 0.2) is 11.5 Å². The molecule has 5 rings (SSSR count). The Hall–Kier alpha value is -4.26. The Morgan fingerprint density at radius 3 is 2.35 bits per heavy atom. The van der Waals surface area contributed by atoms with Gasteiger partial charge in [0.25, 0.3) is 5.91 Å². The van der Waals surface area contributed by atoms with Gasteiger partial charge >= 0.3 is 0 Å². The van der Waals surface area contributed by atoms with Gasteiger partial charge in [-0.3, -0.25) is 4.79 Å². The van der Waals surface area contributed by atoms with Crippen molar-refractivity contribution in [3.63, 3.8) is 0 Å². The van der Waals surface area contributed by atoms with Crippen LogP contribution in [0.5, 0.6) is 17.2 Å². The maximum atomic E-state index is 13.8. The van der Waals surface area contributed by atoms with Gasteiger partial charge in [0.1, 0.15) is 18.1 Å². The molecule has 0 fully saturated rings. The number of ether oxygens (including phenoxy) is 3. The van der Waals surface area contributed by atoms with E-state index in [-0.39, 0.29) is 11.9 Å². The van der Waals surface area contributed by atoms with Crippen LogP contribution in [0.25, 0.3) is 0 Å². The lowest BCUT2D eigenvalue weighted by atomic mass is 9.87. The lowest BCUT2D eigenvalue weighted by Crippen LogP contribution is -2.40. The zero-order chi connectivity index (χ0) is 25.9. The smallest absolute Gasteiger partial charge is 0.254 e. The summed E-state index contributed by atoms with van der Waals surface area (Å²) in [6, 6.07) is 21.2. The van der Waals surface area contributed by atoms with Crippen LogP contribution in [-0.4, -0.2) is 36.7 Å². The van der Waals surface area contributed by atoms with Crippen LogP contribution in [0.1, 0.15) is 50.1 Å². The van der Waals surface area contributed by atoms with Gasteiger partial charge < -0.3 is 23.6 Å². The van der Waals surface area contributed by atoms with Gasteiger partial charge in [0, 0.05) is 12.1 Å². The van der Waals surface area contributed by atoms with Crippen molar-refractivity contribution in [2.75, 3.05) is 20.8 Å². The molecule has 0 bridgehead atoms. The van der Waals surface area contributed by atoms with E-state index in [0.29, 0.717) is 36.0 Å². The molecule has 7 nitrogen and oxygen atoms in total. The maximum absolute atomic E-state index is 13.8. The van der Waals surface area contributed by atoms with Crippen LogP contribution in [0.15, 0.2) is 71.3 Å². The van der Waals surface area contributed by atoms with Crippen LogP contribution in [-0.2, 0) is 13.0 Å². The summed E-state index contributed by atoms with van der Waals surface area (Å²) in [4.78, 5) is 15.8.